The van der Waals surface area contributed by atoms with Crippen molar-refractivity contribution >= 4 is 23.2 Å². The fourth-order valence-electron chi connectivity index (χ4n) is 2.62. The van der Waals surface area contributed by atoms with Crippen LogP contribution in [0.4, 0.5) is 11.4 Å². The normalized spacial score (nSPS) is 15.5. The SMILES string of the molecule is CC(=O)Nc1ccc(NC(=O)C2Cc3ccccc3O2)cc1C. The number of aryl methyl sites for hydroxylation is 1. The van der Waals surface area contributed by atoms with Crippen molar-refractivity contribution in [3.63, 3.8) is 0 Å². The highest BCUT2D eigenvalue weighted by Crippen LogP contribution is 2.29. The zero-order chi connectivity index (χ0) is 16.4. The summed E-state index contributed by atoms with van der Waals surface area (Å²) >= 11 is 0. The lowest BCUT2D eigenvalue weighted by atomic mass is 10.1. The third kappa shape index (κ3) is 3.34. The van der Waals surface area contributed by atoms with Crippen LogP contribution in [0.3, 0.4) is 0 Å². The van der Waals surface area contributed by atoms with Gasteiger partial charge in [-0.05, 0) is 42.3 Å². The molecule has 0 radical (unpaired) electrons. The number of fused-ring (bicyclic) bond motifs is 1. The monoisotopic (exact) mass is 310 g/mol. The molecule has 0 aliphatic carbocycles. The zero-order valence-electron chi connectivity index (χ0n) is 13.1. The molecule has 0 aromatic heterocycles. The van der Waals surface area contributed by atoms with Gasteiger partial charge in [0.15, 0.2) is 6.10 Å². The van der Waals surface area contributed by atoms with E-state index < -0.39 is 6.10 Å². The van der Waals surface area contributed by atoms with Crippen molar-refractivity contribution in [2.45, 2.75) is 26.4 Å². The second-order valence-electron chi connectivity index (χ2n) is 5.62. The fourth-order valence-corrected chi connectivity index (χ4v) is 2.62. The maximum Gasteiger partial charge on any atom is 0.265 e. The van der Waals surface area contributed by atoms with Crippen molar-refractivity contribution in [1.82, 2.24) is 0 Å². The second kappa shape index (κ2) is 6.12. The highest BCUT2D eigenvalue weighted by molar-refractivity contribution is 5.96. The molecule has 3 rings (SSSR count). The summed E-state index contributed by atoms with van der Waals surface area (Å²) in [7, 11) is 0. The first kappa shape index (κ1) is 15.1. The summed E-state index contributed by atoms with van der Waals surface area (Å²) in [6, 6.07) is 13.0. The fraction of sp³-hybridized carbons (Fsp3) is 0.222. The Hall–Kier alpha value is -2.82. The van der Waals surface area contributed by atoms with E-state index in [-0.39, 0.29) is 11.8 Å². The van der Waals surface area contributed by atoms with Crippen molar-refractivity contribution < 1.29 is 14.3 Å². The summed E-state index contributed by atoms with van der Waals surface area (Å²) in [5, 5.41) is 5.61. The van der Waals surface area contributed by atoms with Gasteiger partial charge in [-0.25, -0.2) is 0 Å². The Morgan fingerprint density at radius 3 is 2.61 bits per heavy atom. The Bertz CT molecular complexity index is 746. The molecular formula is C18H18N2O3. The zero-order valence-corrected chi connectivity index (χ0v) is 13.1. The highest BCUT2D eigenvalue weighted by Gasteiger charge is 2.28. The van der Waals surface area contributed by atoms with Crippen LogP contribution < -0.4 is 15.4 Å². The third-order valence-electron chi connectivity index (χ3n) is 3.74. The van der Waals surface area contributed by atoms with Crippen molar-refractivity contribution in [2.75, 3.05) is 10.6 Å². The molecule has 2 amide bonds. The minimum atomic E-state index is -0.511. The van der Waals surface area contributed by atoms with Crippen molar-refractivity contribution in [3.05, 3.63) is 53.6 Å². The number of anilines is 2. The first-order chi connectivity index (χ1) is 11.0. The van der Waals surface area contributed by atoms with Crippen LogP contribution in [0.15, 0.2) is 42.5 Å². The maximum absolute atomic E-state index is 12.4. The first-order valence-electron chi connectivity index (χ1n) is 7.46. The Kier molecular flexibility index (Phi) is 4.02. The molecule has 23 heavy (non-hydrogen) atoms. The van der Waals surface area contributed by atoms with Gasteiger partial charge in [-0.2, -0.15) is 0 Å². The summed E-state index contributed by atoms with van der Waals surface area (Å²) in [5.41, 5.74) is 3.35. The van der Waals surface area contributed by atoms with Crippen LogP contribution in [0.5, 0.6) is 5.75 Å². The van der Waals surface area contributed by atoms with Crippen molar-refractivity contribution in [3.8, 4) is 5.75 Å². The molecule has 0 spiro atoms. The molecule has 2 aromatic carbocycles. The minimum absolute atomic E-state index is 0.123. The molecule has 1 unspecified atom stereocenters. The molecular weight excluding hydrogens is 292 g/mol. The average molecular weight is 310 g/mol. The number of para-hydroxylation sites is 1. The average Bonchev–Trinajstić information content (AvgIpc) is 2.94. The van der Waals surface area contributed by atoms with Crippen LogP contribution in [-0.4, -0.2) is 17.9 Å². The lowest BCUT2D eigenvalue weighted by Crippen LogP contribution is -2.31. The maximum atomic E-state index is 12.4. The number of amides is 2. The van der Waals surface area contributed by atoms with E-state index in [4.69, 9.17) is 4.74 Å². The van der Waals surface area contributed by atoms with E-state index >= 15 is 0 Å². The van der Waals surface area contributed by atoms with Gasteiger partial charge in [0.25, 0.3) is 5.91 Å². The summed E-state index contributed by atoms with van der Waals surface area (Å²) < 4.78 is 5.68. The van der Waals surface area contributed by atoms with E-state index in [2.05, 4.69) is 10.6 Å². The summed E-state index contributed by atoms with van der Waals surface area (Å²) in [6.45, 7) is 3.34. The van der Waals surface area contributed by atoms with Crippen LogP contribution in [0.1, 0.15) is 18.1 Å². The Labute approximate surface area is 134 Å². The number of nitrogens with one attached hydrogen (secondary N) is 2. The van der Waals surface area contributed by atoms with E-state index in [0.717, 1.165) is 22.6 Å². The smallest absolute Gasteiger partial charge is 0.265 e. The van der Waals surface area contributed by atoms with Gasteiger partial charge in [-0.15, -0.1) is 0 Å². The van der Waals surface area contributed by atoms with Crippen LogP contribution >= 0.6 is 0 Å². The van der Waals surface area contributed by atoms with Crippen molar-refractivity contribution in [2.24, 2.45) is 0 Å². The van der Waals surface area contributed by atoms with Gasteiger partial charge in [0.2, 0.25) is 5.91 Å². The molecule has 0 fully saturated rings. The summed E-state index contributed by atoms with van der Waals surface area (Å²) in [5.74, 6) is 0.472. The lowest BCUT2D eigenvalue weighted by Gasteiger charge is -2.13. The second-order valence-corrected chi connectivity index (χ2v) is 5.62. The molecule has 1 aliphatic heterocycles. The molecule has 1 heterocycles. The molecule has 0 bridgehead atoms. The largest absolute Gasteiger partial charge is 0.480 e. The highest BCUT2D eigenvalue weighted by atomic mass is 16.5. The number of rotatable bonds is 3. The standard InChI is InChI=1S/C18H18N2O3/c1-11-9-14(7-8-15(11)19-12(2)21)20-18(22)17-10-13-5-3-4-6-16(13)23-17/h3-9,17H,10H2,1-2H3,(H,19,21)(H,20,22). The molecule has 118 valence electrons. The number of hydrogen-bond acceptors (Lipinski definition) is 3. The molecule has 2 N–H and O–H groups in total. The number of benzene rings is 2. The van der Waals surface area contributed by atoms with E-state index in [1.807, 2.05) is 37.3 Å². The summed E-state index contributed by atoms with van der Waals surface area (Å²) in [4.78, 5) is 23.5. The van der Waals surface area contributed by atoms with Crippen molar-refractivity contribution in [1.29, 1.82) is 0 Å². The van der Waals surface area contributed by atoms with Crippen LogP contribution in [0, 0.1) is 6.92 Å². The van der Waals surface area contributed by atoms with Gasteiger partial charge in [-0.3, -0.25) is 9.59 Å². The van der Waals surface area contributed by atoms with Gasteiger partial charge >= 0.3 is 0 Å². The van der Waals surface area contributed by atoms with Crippen LogP contribution in [0.25, 0.3) is 0 Å². The number of hydrogen-bond donors (Lipinski definition) is 2. The molecule has 5 nitrogen and oxygen atoms in total. The van der Waals surface area contributed by atoms with E-state index in [1.54, 1.807) is 12.1 Å². The summed E-state index contributed by atoms with van der Waals surface area (Å²) in [6.07, 6.45) is 0.0630. The molecule has 2 aromatic rings. The lowest BCUT2D eigenvalue weighted by molar-refractivity contribution is -0.122. The molecule has 1 aliphatic rings. The first-order valence-corrected chi connectivity index (χ1v) is 7.46. The topological polar surface area (TPSA) is 67.4 Å². The minimum Gasteiger partial charge on any atom is -0.480 e. The van der Waals surface area contributed by atoms with E-state index in [1.165, 1.54) is 6.92 Å². The number of carbonyl (C=O) groups excluding carboxylic acids is 2. The third-order valence-corrected chi connectivity index (χ3v) is 3.74. The number of ether oxygens (including phenoxy) is 1. The predicted octanol–water partition coefficient (Wildman–Crippen LogP) is 2.90. The van der Waals surface area contributed by atoms with E-state index in [0.29, 0.717) is 12.1 Å². The molecule has 0 saturated carbocycles. The van der Waals surface area contributed by atoms with E-state index in [9.17, 15) is 9.59 Å². The van der Waals surface area contributed by atoms with Crippen LogP contribution in [0.2, 0.25) is 0 Å². The Morgan fingerprint density at radius 1 is 1.13 bits per heavy atom. The van der Waals surface area contributed by atoms with Gasteiger partial charge < -0.3 is 15.4 Å². The van der Waals surface area contributed by atoms with Gasteiger partial charge in [0, 0.05) is 24.7 Å². The molecule has 0 saturated heterocycles. The predicted molar refractivity (Wildman–Crippen MR) is 88.7 cm³/mol. The Morgan fingerprint density at radius 2 is 1.91 bits per heavy atom. The Balaban J connectivity index is 1.67. The quantitative estimate of drug-likeness (QED) is 0.916. The van der Waals surface area contributed by atoms with Crippen LogP contribution in [-0.2, 0) is 16.0 Å². The van der Waals surface area contributed by atoms with Gasteiger partial charge in [0.05, 0.1) is 0 Å². The van der Waals surface area contributed by atoms with Gasteiger partial charge in [0.1, 0.15) is 5.75 Å². The van der Waals surface area contributed by atoms with Gasteiger partial charge in [-0.1, -0.05) is 18.2 Å². The number of carbonyl (C=O) groups is 2. The molecule has 1 atom stereocenters. The molecule has 5 heteroatoms.